The van der Waals surface area contributed by atoms with Crippen molar-refractivity contribution >= 4 is 14.4 Å². The lowest BCUT2D eigenvalue weighted by Crippen LogP contribution is -2.20. The maximum atomic E-state index is 12.2. The van der Waals surface area contributed by atoms with Gasteiger partial charge in [0.15, 0.2) is 5.78 Å². The highest BCUT2D eigenvalue weighted by Crippen LogP contribution is 2.56. The summed E-state index contributed by atoms with van der Waals surface area (Å²) in [5.41, 5.74) is 4.14. The molecule has 2 aromatic rings. The molecule has 0 aliphatic heterocycles. The highest BCUT2D eigenvalue weighted by Gasteiger charge is 2.33. The van der Waals surface area contributed by atoms with Gasteiger partial charge in [-0.2, -0.15) is 0 Å². The first-order valence-corrected chi connectivity index (χ1v) is 11.5. The Morgan fingerprint density at radius 1 is 1.07 bits per heavy atom. The molecule has 0 fully saturated rings. The highest BCUT2D eigenvalue weighted by molar-refractivity contribution is 7.45. The van der Waals surface area contributed by atoms with Crippen molar-refractivity contribution in [1.29, 1.82) is 0 Å². The Labute approximate surface area is 176 Å². The van der Waals surface area contributed by atoms with E-state index in [1.165, 1.54) is 10.9 Å². The van der Waals surface area contributed by atoms with Gasteiger partial charge in [0.1, 0.15) is 5.75 Å². The van der Waals surface area contributed by atoms with Crippen LogP contribution in [-0.2, 0) is 16.4 Å². The van der Waals surface area contributed by atoms with E-state index < -0.39 is 0 Å². The Bertz CT molecular complexity index is 921. The number of phenolic OH excluding ortho intramolecular Hbond substituents is 1. The second kappa shape index (κ2) is 9.55. The molecule has 0 aromatic heterocycles. The molecular weight excluding hydrogens is 375 g/mol. The Balaban J connectivity index is 2.01. The summed E-state index contributed by atoms with van der Waals surface area (Å²) in [7, 11) is 0.466. The number of benzene rings is 2. The predicted octanol–water partition coefficient (Wildman–Crippen LogP) is 6.87. The zero-order chi connectivity index (χ0) is 20.9. The number of aromatic hydroxyl groups is 1. The first-order valence-electron chi connectivity index (χ1n) is 10.5. The van der Waals surface area contributed by atoms with E-state index in [0.29, 0.717) is 20.8 Å². The van der Waals surface area contributed by atoms with Crippen molar-refractivity contribution in [3.05, 3.63) is 88.3 Å². The maximum absolute atomic E-state index is 12.2. The van der Waals surface area contributed by atoms with E-state index in [1.54, 1.807) is 6.92 Å². The van der Waals surface area contributed by atoms with Crippen LogP contribution in [0.1, 0.15) is 63.1 Å². The molecule has 2 nitrogen and oxygen atoms in total. The van der Waals surface area contributed by atoms with Crippen LogP contribution in [0.2, 0.25) is 0 Å². The van der Waals surface area contributed by atoms with Crippen LogP contribution < -0.4 is 0 Å². The van der Waals surface area contributed by atoms with Gasteiger partial charge in [0, 0.05) is 22.7 Å². The van der Waals surface area contributed by atoms with Crippen molar-refractivity contribution < 1.29 is 9.90 Å². The molecule has 1 atom stereocenters. The molecule has 152 valence electrons. The molecule has 1 unspecified atom stereocenters. The molecule has 0 radical (unpaired) electrons. The van der Waals surface area contributed by atoms with E-state index in [9.17, 15) is 9.90 Å². The Kier molecular flexibility index (Phi) is 7.09. The largest absolute Gasteiger partial charge is 0.507 e. The number of para-hydroxylation sites is 1. The average Bonchev–Trinajstić information content (AvgIpc) is 2.75. The molecular formula is C26H31O2P. The van der Waals surface area contributed by atoms with Crippen LogP contribution in [0, 0.1) is 0 Å². The summed E-state index contributed by atoms with van der Waals surface area (Å²) in [5.74, 6) is 0.595. The molecule has 0 spiro atoms. The Hall–Kier alpha value is -2.18. The minimum absolute atomic E-state index is 0.158. The SMILES string of the molecule is CCC(CC)(PC1=C(C(C)=O)CCC=C1)c1cccc(Cc2ccccc2)c1O. The van der Waals surface area contributed by atoms with Crippen molar-refractivity contribution in [1.82, 2.24) is 0 Å². The second-order valence-electron chi connectivity index (χ2n) is 7.78. The summed E-state index contributed by atoms with van der Waals surface area (Å²) in [6, 6.07) is 16.4. The van der Waals surface area contributed by atoms with Crippen molar-refractivity contribution in [3.63, 3.8) is 0 Å². The third-order valence-electron chi connectivity index (χ3n) is 6.05. The second-order valence-corrected chi connectivity index (χ2v) is 9.53. The van der Waals surface area contributed by atoms with E-state index in [-0.39, 0.29) is 10.9 Å². The number of phenols is 1. The van der Waals surface area contributed by atoms with Crippen molar-refractivity contribution in [2.45, 2.75) is 58.0 Å². The molecule has 0 amide bonds. The van der Waals surface area contributed by atoms with Gasteiger partial charge in [-0.15, -0.1) is 0 Å². The topological polar surface area (TPSA) is 37.3 Å². The van der Waals surface area contributed by atoms with Crippen LogP contribution in [0.5, 0.6) is 5.75 Å². The molecule has 0 heterocycles. The maximum Gasteiger partial charge on any atom is 0.156 e. The zero-order valence-electron chi connectivity index (χ0n) is 17.7. The molecule has 29 heavy (non-hydrogen) atoms. The van der Waals surface area contributed by atoms with Crippen molar-refractivity contribution in [2.24, 2.45) is 0 Å². The van der Waals surface area contributed by atoms with E-state index in [1.807, 2.05) is 24.3 Å². The van der Waals surface area contributed by atoms with Gasteiger partial charge >= 0.3 is 0 Å². The lowest BCUT2D eigenvalue weighted by Gasteiger charge is -2.35. The van der Waals surface area contributed by atoms with Gasteiger partial charge in [0.05, 0.1) is 0 Å². The van der Waals surface area contributed by atoms with Gasteiger partial charge in [-0.3, -0.25) is 4.79 Å². The third kappa shape index (κ3) is 4.70. The molecule has 0 saturated carbocycles. The predicted molar refractivity (Wildman–Crippen MR) is 124 cm³/mol. The summed E-state index contributed by atoms with van der Waals surface area (Å²) >= 11 is 0. The van der Waals surface area contributed by atoms with Gasteiger partial charge in [-0.05, 0) is 49.0 Å². The fourth-order valence-electron chi connectivity index (χ4n) is 4.22. The molecule has 1 N–H and O–H groups in total. The normalized spacial score (nSPS) is 14.7. The van der Waals surface area contributed by atoms with Crippen LogP contribution in [0.3, 0.4) is 0 Å². The zero-order valence-corrected chi connectivity index (χ0v) is 18.7. The number of hydrogen-bond donors (Lipinski definition) is 1. The summed E-state index contributed by atoms with van der Waals surface area (Å²) in [5, 5.41) is 12.3. The molecule has 0 bridgehead atoms. The number of ketones is 1. The van der Waals surface area contributed by atoms with Gasteiger partial charge in [-0.1, -0.05) is 83.1 Å². The molecule has 1 aliphatic carbocycles. The van der Waals surface area contributed by atoms with Gasteiger partial charge in [0.2, 0.25) is 0 Å². The van der Waals surface area contributed by atoms with Crippen LogP contribution in [0.15, 0.2) is 71.6 Å². The highest BCUT2D eigenvalue weighted by atomic mass is 31.1. The van der Waals surface area contributed by atoms with E-state index in [4.69, 9.17) is 0 Å². The molecule has 3 rings (SSSR count). The fraction of sp³-hybridized carbons (Fsp3) is 0.346. The number of hydrogen-bond acceptors (Lipinski definition) is 2. The summed E-state index contributed by atoms with van der Waals surface area (Å²) < 4.78 is 0. The Morgan fingerprint density at radius 2 is 1.79 bits per heavy atom. The molecule has 2 aromatic carbocycles. The van der Waals surface area contributed by atoms with Crippen LogP contribution in [-0.4, -0.2) is 10.9 Å². The average molecular weight is 407 g/mol. The number of Topliss-reactive ketones (excluding diaryl/α,β-unsaturated/α-hetero) is 1. The quantitative estimate of drug-likeness (QED) is 0.486. The molecule has 3 heteroatoms. The van der Waals surface area contributed by atoms with Crippen molar-refractivity contribution in [3.8, 4) is 5.75 Å². The Morgan fingerprint density at radius 3 is 2.45 bits per heavy atom. The van der Waals surface area contributed by atoms with Gasteiger partial charge < -0.3 is 5.11 Å². The van der Waals surface area contributed by atoms with Gasteiger partial charge in [0.25, 0.3) is 0 Å². The minimum atomic E-state index is -0.158. The van der Waals surface area contributed by atoms with Crippen LogP contribution in [0.25, 0.3) is 0 Å². The number of allylic oxidation sites excluding steroid dienone is 4. The minimum Gasteiger partial charge on any atom is -0.507 e. The van der Waals surface area contributed by atoms with Crippen LogP contribution >= 0.6 is 8.58 Å². The molecule has 1 aliphatic rings. The smallest absolute Gasteiger partial charge is 0.156 e. The monoisotopic (exact) mass is 406 g/mol. The van der Waals surface area contributed by atoms with Crippen LogP contribution in [0.4, 0.5) is 0 Å². The standard InChI is InChI=1S/C26H31O2P/c1-4-26(5-2,29-24-17-10-9-15-22(24)19(3)27)23-16-11-14-21(25(23)28)18-20-12-7-6-8-13-20/h6-8,10-14,16-17,28-29H,4-5,9,15,18H2,1-3H3. The summed E-state index contributed by atoms with van der Waals surface area (Å²) in [6.07, 6.45) is 8.65. The van der Waals surface area contributed by atoms with Gasteiger partial charge in [-0.25, -0.2) is 0 Å². The first-order chi connectivity index (χ1) is 14.0. The van der Waals surface area contributed by atoms with Crippen molar-refractivity contribution in [2.75, 3.05) is 0 Å². The third-order valence-corrected chi connectivity index (χ3v) is 8.24. The summed E-state index contributed by atoms with van der Waals surface area (Å²) in [6.45, 7) is 6.07. The summed E-state index contributed by atoms with van der Waals surface area (Å²) in [4.78, 5) is 12.2. The van der Waals surface area contributed by atoms with E-state index >= 15 is 0 Å². The fourth-order valence-corrected chi connectivity index (χ4v) is 6.07. The lowest BCUT2D eigenvalue weighted by molar-refractivity contribution is -0.113. The number of rotatable bonds is 8. The molecule has 0 saturated heterocycles. The van der Waals surface area contributed by atoms with E-state index in [0.717, 1.165) is 42.4 Å². The lowest BCUT2D eigenvalue weighted by atomic mass is 9.89. The van der Waals surface area contributed by atoms with E-state index in [2.05, 4.69) is 50.3 Å². The number of carbonyl (C=O) groups is 1. The number of carbonyl (C=O) groups excluding carboxylic acids is 1. The first kappa shape index (κ1) is 21.5.